The van der Waals surface area contributed by atoms with E-state index < -0.39 is 12.9 Å². The molecular formula is C41H64BNO3. The normalized spacial score (nSPS) is 12.3. The molecule has 3 rings (SSSR count). The molecule has 4 nitrogen and oxygen atoms in total. The number of hydrogen-bond donors (Lipinski definition) is 1. The summed E-state index contributed by atoms with van der Waals surface area (Å²) in [6, 6.07) is 29.3. The lowest BCUT2D eigenvalue weighted by atomic mass is 9.71. The Morgan fingerprint density at radius 2 is 0.978 bits per heavy atom. The highest BCUT2D eigenvalue weighted by Gasteiger charge is 2.43. The Morgan fingerprint density at radius 3 is 1.33 bits per heavy atom. The summed E-state index contributed by atoms with van der Waals surface area (Å²) in [5.74, 6) is -0.142. The van der Waals surface area contributed by atoms with Gasteiger partial charge in [-0.25, -0.2) is 0 Å². The molecular weight excluding hydrogens is 565 g/mol. The molecule has 3 aromatic carbocycles. The van der Waals surface area contributed by atoms with Crippen LogP contribution < -0.4 is 5.02 Å². The van der Waals surface area contributed by atoms with Gasteiger partial charge in [0.1, 0.15) is 5.60 Å². The first kappa shape index (κ1) is 39.7. The second-order valence-electron chi connectivity index (χ2n) is 13.9. The quantitative estimate of drug-likeness (QED) is 0.0684. The number of rotatable bonds is 22. The van der Waals surface area contributed by atoms with Gasteiger partial charge in [0.05, 0.1) is 27.7 Å². The maximum atomic E-state index is 11.9. The van der Waals surface area contributed by atoms with Gasteiger partial charge < -0.3 is 19.2 Å². The zero-order chi connectivity index (χ0) is 33.5. The minimum Gasteiger partial charge on any atom is -0.832 e. The largest absolute Gasteiger partial charge is 0.832 e. The van der Waals surface area contributed by atoms with Gasteiger partial charge in [-0.2, -0.15) is 0 Å². The number of benzene rings is 3. The van der Waals surface area contributed by atoms with Gasteiger partial charge in [-0.1, -0.05) is 182 Å². The van der Waals surface area contributed by atoms with Gasteiger partial charge in [0.25, 0.3) is 0 Å². The predicted molar refractivity (Wildman–Crippen MR) is 195 cm³/mol. The van der Waals surface area contributed by atoms with E-state index in [4.69, 9.17) is 4.65 Å². The Labute approximate surface area is 283 Å². The Bertz CT molecular complexity index is 1080. The van der Waals surface area contributed by atoms with E-state index in [1.54, 1.807) is 0 Å². The molecule has 5 heteroatoms. The van der Waals surface area contributed by atoms with Crippen LogP contribution in [0.15, 0.2) is 91.0 Å². The fraction of sp³-hybridized carbons (Fsp3) is 0.561. The van der Waals surface area contributed by atoms with E-state index in [1.165, 1.54) is 96.4 Å². The van der Waals surface area contributed by atoms with Gasteiger partial charge in [-0.3, -0.25) is 0 Å². The van der Waals surface area contributed by atoms with Crippen molar-refractivity contribution in [3.05, 3.63) is 108 Å². The molecule has 0 aliphatic heterocycles. The third kappa shape index (κ3) is 15.0. The van der Waals surface area contributed by atoms with E-state index in [0.29, 0.717) is 0 Å². The van der Waals surface area contributed by atoms with Crippen molar-refractivity contribution in [1.82, 2.24) is 0 Å². The third-order valence-corrected chi connectivity index (χ3v) is 8.98. The van der Waals surface area contributed by atoms with E-state index in [2.05, 4.69) is 35.0 Å². The average molecular weight is 630 g/mol. The van der Waals surface area contributed by atoms with Crippen molar-refractivity contribution >= 4 is 7.32 Å². The lowest BCUT2D eigenvalue weighted by Gasteiger charge is -2.44. The van der Waals surface area contributed by atoms with Crippen LogP contribution in [0.3, 0.4) is 0 Å². The molecule has 0 amide bonds. The van der Waals surface area contributed by atoms with Crippen LogP contribution in [0.25, 0.3) is 0 Å². The maximum absolute atomic E-state index is 11.9. The van der Waals surface area contributed by atoms with Crippen LogP contribution in [0, 0.1) is 0 Å². The highest BCUT2D eigenvalue weighted by atomic mass is 16.6. The van der Waals surface area contributed by atoms with Crippen molar-refractivity contribution in [3.8, 4) is 0 Å². The van der Waals surface area contributed by atoms with Gasteiger partial charge >= 0.3 is 7.32 Å². The summed E-state index contributed by atoms with van der Waals surface area (Å²) in [5.41, 5.74) is 1.66. The monoisotopic (exact) mass is 629 g/mol. The van der Waals surface area contributed by atoms with Crippen LogP contribution in [0.1, 0.15) is 133 Å². The Balaban J connectivity index is 0.000000334. The molecule has 0 fully saturated rings. The first-order valence-corrected chi connectivity index (χ1v) is 18.2. The molecule has 0 heterocycles. The summed E-state index contributed by atoms with van der Waals surface area (Å²) in [4.78, 5) is 0. The minimum atomic E-state index is -2.15. The van der Waals surface area contributed by atoms with E-state index in [1.807, 2.05) is 91.0 Å². The Hall–Kier alpha value is -2.44. The second-order valence-corrected chi connectivity index (χ2v) is 13.9. The predicted octanol–water partition coefficient (Wildman–Crippen LogP) is 9.65. The van der Waals surface area contributed by atoms with Gasteiger partial charge in [0.2, 0.25) is 0 Å². The number of quaternary nitrogens is 1. The molecule has 254 valence electrons. The van der Waals surface area contributed by atoms with Crippen molar-refractivity contribution < 1.29 is 19.2 Å². The summed E-state index contributed by atoms with van der Waals surface area (Å²) in [7, 11) is 4.74. The first-order valence-electron chi connectivity index (χ1n) is 18.2. The summed E-state index contributed by atoms with van der Waals surface area (Å²) in [6.45, 7) is 5.69. The van der Waals surface area contributed by atoms with Gasteiger partial charge in [-0.15, -0.1) is 0 Å². The van der Waals surface area contributed by atoms with Gasteiger partial charge in [-0.05, 0) is 36.0 Å². The summed E-state index contributed by atoms with van der Waals surface area (Å²) in [5, 5.41) is 21.6. The molecule has 0 radical (unpaired) electrons. The van der Waals surface area contributed by atoms with Crippen molar-refractivity contribution in [2.75, 3.05) is 27.7 Å². The average Bonchev–Trinajstić information content (AvgIpc) is 3.05. The molecule has 46 heavy (non-hydrogen) atoms. The zero-order valence-electron chi connectivity index (χ0n) is 29.8. The van der Waals surface area contributed by atoms with Crippen LogP contribution >= 0.6 is 0 Å². The molecule has 0 aromatic heterocycles. The lowest BCUT2D eigenvalue weighted by molar-refractivity contribution is -0.870. The van der Waals surface area contributed by atoms with Crippen molar-refractivity contribution in [2.45, 2.75) is 122 Å². The molecule has 1 atom stereocenters. The van der Waals surface area contributed by atoms with E-state index in [-0.39, 0.29) is 5.92 Å². The van der Waals surface area contributed by atoms with Crippen LogP contribution in [0.4, 0.5) is 0 Å². The third-order valence-electron chi connectivity index (χ3n) is 8.98. The lowest BCUT2D eigenvalue weighted by Crippen LogP contribution is -2.48. The van der Waals surface area contributed by atoms with Crippen molar-refractivity contribution in [1.29, 1.82) is 0 Å². The highest BCUT2D eigenvalue weighted by Crippen LogP contribution is 2.47. The summed E-state index contributed by atoms with van der Waals surface area (Å²) in [6.07, 6.45) is 21.1. The van der Waals surface area contributed by atoms with Crippen LogP contribution in [-0.2, 0) is 10.3 Å². The molecule has 0 aliphatic carbocycles. The fourth-order valence-corrected chi connectivity index (χ4v) is 6.54. The van der Waals surface area contributed by atoms with E-state index in [0.717, 1.165) is 27.6 Å². The molecule has 0 spiro atoms. The van der Waals surface area contributed by atoms with Crippen LogP contribution in [0.5, 0.6) is 0 Å². The van der Waals surface area contributed by atoms with Gasteiger partial charge in [0.15, 0.2) is 0 Å². The molecule has 0 bridgehead atoms. The fourth-order valence-electron chi connectivity index (χ4n) is 6.54. The van der Waals surface area contributed by atoms with Gasteiger partial charge in [0, 0.05) is 5.92 Å². The number of unbranched alkanes of at least 4 members (excludes halogenated alkanes) is 13. The zero-order valence-corrected chi connectivity index (χ0v) is 29.8. The molecule has 0 saturated carbocycles. The molecule has 1 N–H and O–H groups in total. The Morgan fingerprint density at radius 1 is 0.609 bits per heavy atom. The number of hydrogen-bond acceptors (Lipinski definition) is 3. The SMILES string of the molecule is CCC(c1ccccc1)C(OB([O-])O)(c1ccccc1)c1ccccc1.CCCCCCCCCCCCCCCC[N+](C)(C)C. The minimum absolute atomic E-state index is 0.142. The second kappa shape index (κ2) is 23.0. The molecule has 1 unspecified atom stereocenters. The maximum Gasteiger partial charge on any atom is 0.343 e. The smallest absolute Gasteiger partial charge is 0.343 e. The van der Waals surface area contributed by atoms with Crippen molar-refractivity contribution in [3.63, 3.8) is 0 Å². The van der Waals surface area contributed by atoms with Crippen LogP contribution in [0.2, 0.25) is 0 Å². The highest BCUT2D eigenvalue weighted by molar-refractivity contribution is 6.30. The summed E-state index contributed by atoms with van der Waals surface area (Å²) >= 11 is 0. The van der Waals surface area contributed by atoms with E-state index >= 15 is 0 Å². The standard InChI is InChI=1S/C22H22BO3.C19H42N/c1-2-21(18-12-6-3-7-13-18)22(26-23(24)25,19-14-8-4-9-15-19)20-16-10-5-11-17-20;1-5-6-7-8-9-10-11-12-13-14-15-16-17-18-19-20(2,3)4/h3-17,21,24H,2H2,1H3;5-19H2,1-4H3/q-1;+1. The molecule has 3 aromatic rings. The topological polar surface area (TPSA) is 52.5 Å². The van der Waals surface area contributed by atoms with Crippen LogP contribution in [-0.4, -0.2) is 44.5 Å². The number of nitrogens with zero attached hydrogens (tertiary/aromatic N) is 1. The first-order chi connectivity index (χ1) is 22.2. The summed E-state index contributed by atoms with van der Waals surface area (Å²) < 4.78 is 6.94. The molecule has 0 aliphatic rings. The Kier molecular flexibility index (Phi) is 19.9. The van der Waals surface area contributed by atoms with E-state index in [9.17, 15) is 10.0 Å². The molecule has 0 saturated heterocycles. The van der Waals surface area contributed by atoms with Crippen molar-refractivity contribution in [2.24, 2.45) is 0 Å².